The number of benzene rings is 1. The predicted octanol–water partition coefficient (Wildman–Crippen LogP) is 2.33. The largest absolute Gasteiger partial charge is 0.467 e. The number of amides is 1. The molecule has 2 rings (SSSR count). The molecule has 2 atom stereocenters. The maximum atomic E-state index is 13.3. The highest BCUT2D eigenvalue weighted by molar-refractivity contribution is 5.88. The molecule has 1 aliphatic rings. The second-order valence-corrected chi connectivity index (χ2v) is 4.85. The molecular weight excluding hydrogens is 287 g/mol. The van der Waals surface area contributed by atoms with Gasteiger partial charge >= 0.3 is 5.97 Å². The van der Waals surface area contributed by atoms with Crippen LogP contribution < -0.4 is 0 Å². The van der Waals surface area contributed by atoms with E-state index in [1.807, 2.05) is 0 Å². The van der Waals surface area contributed by atoms with Crippen molar-refractivity contribution in [3.63, 3.8) is 0 Å². The zero-order valence-corrected chi connectivity index (χ0v) is 11.5. The Balaban J connectivity index is 2.35. The molecule has 114 valence electrons. The van der Waals surface area contributed by atoms with Crippen LogP contribution in [-0.2, 0) is 14.3 Å². The molecule has 1 saturated heterocycles. The fourth-order valence-electron chi connectivity index (χ4n) is 2.53. The van der Waals surface area contributed by atoms with Gasteiger partial charge in [-0.25, -0.2) is 18.0 Å². The number of hydrogen-bond acceptors (Lipinski definition) is 3. The molecule has 4 nitrogen and oxygen atoms in total. The molecule has 1 fully saturated rings. The predicted molar refractivity (Wildman–Crippen MR) is 66.6 cm³/mol. The number of ether oxygens (including phenoxy) is 1. The molecule has 1 aromatic carbocycles. The Bertz CT molecular complexity index is 568. The van der Waals surface area contributed by atoms with Crippen LogP contribution in [0.2, 0.25) is 0 Å². The van der Waals surface area contributed by atoms with Crippen molar-refractivity contribution < 1.29 is 27.5 Å². The molecule has 0 aromatic heterocycles. The first-order chi connectivity index (χ1) is 9.86. The van der Waals surface area contributed by atoms with Gasteiger partial charge in [0, 0.05) is 6.42 Å². The zero-order chi connectivity index (χ0) is 15.7. The lowest BCUT2D eigenvalue weighted by Crippen LogP contribution is -2.41. The number of methoxy groups -OCH3 is 1. The maximum absolute atomic E-state index is 13.3. The zero-order valence-electron chi connectivity index (χ0n) is 11.5. The smallest absolute Gasteiger partial charge is 0.328 e. The van der Waals surface area contributed by atoms with Crippen molar-refractivity contribution in [3.8, 4) is 0 Å². The summed E-state index contributed by atoms with van der Waals surface area (Å²) in [6.07, 6.45) is 0.429. The summed E-state index contributed by atoms with van der Waals surface area (Å²) < 4.78 is 44.2. The number of halogens is 3. The Morgan fingerprint density at radius 3 is 2.43 bits per heavy atom. The standard InChI is InChI=1S/C14H14F3NO3/c1-7(8-5-9(15)13(17)10(16)6-8)18-11(14(20)21-2)3-4-12(18)19/h5-7,11H,3-4H2,1-2H3. The lowest BCUT2D eigenvalue weighted by atomic mass is 10.1. The van der Waals surface area contributed by atoms with Gasteiger partial charge in [-0.05, 0) is 31.0 Å². The van der Waals surface area contributed by atoms with E-state index >= 15 is 0 Å². The molecule has 0 radical (unpaired) electrons. The average molecular weight is 301 g/mol. The minimum Gasteiger partial charge on any atom is -0.467 e. The summed E-state index contributed by atoms with van der Waals surface area (Å²) in [5.74, 6) is -5.14. The summed E-state index contributed by atoms with van der Waals surface area (Å²) in [5, 5.41) is 0. The molecule has 1 aliphatic heterocycles. The number of hydrogen-bond donors (Lipinski definition) is 0. The molecule has 0 N–H and O–H groups in total. The Hall–Kier alpha value is -2.05. The highest BCUT2D eigenvalue weighted by atomic mass is 19.2. The van der Waals surface area contributed by atoms with E-state index in [1.165, 1.54) is 18.9 Å². The molecule has 1 heterocycles. The SMILES string of the molecule is COC(=O)C1CCC(=O)N1C(C)c1cc(F)c(F)c(F)c1. The van der Waals surface area contributed by atoms with Crippen LogP contribution in [0.4, 0.5) is 13.2 Å². The molecule has 21 heavy (non-hydrogen) atoms. The van der Waals surface area contributed by atoms with Gasteiger partial charge in [-0.3, -0.25) is 4.79 Å². The number of carbonyl (C=O) groups is 2. The van der Waals surface area contributed by atoms with Crippen molar-refractivity contribution in [3.05, 3.63) is 35.1 Å². The van der Waals surface area contributed by atoms with Crippen LogP contribution in [-0.4, -0.2) is 29.9 Å². The first-order valence-corrected chi connectivity index (χ1v) is 6.40. The molecule has 7 heteroatoms. The molecule has 1 amide bonds. The molecule has 0 spiro atoms. The lowest BCUT2D eigenvalue weighted by Gasteiger charge is -2.29. The van der Waals surface area contributed by atoms with Crippen LogP contribution in [0.15, 0.2) is 12.1 Å². The van der Waals surface area contributed by atoms with Crippen LogP contribution >= 0.6 is 0 Å². The molecular formula is C14H14F3NO3. The van der Waals surface area contributed by atoms with Gasteiger partial charge < -0.3 is 9.64 Å². The number of likely N-dealkylation sites (tertiary alicyclic amines) is 1. The fourth-order valence-corrected chi connectivity index (χ4v) is 2.53. The van der Waals surface area contributed by atoms with Gasteiger partial charge in [0.2, 0.25) is 5.91 Å². The monoisotopic (exact) mass is 301 g/mol. The van der Waals surface area contributed by atoms with Gasteiger partial charge in [-0.2, -0.15) is 0 Å². The summed E-state index contributed by atoms with van der Waals surface area (Å²) in [6.45, 7) is 1.52. The van der Waals surface area contributed by atoms with E-state index in [-0.39, 0.29) is 24.3 Å². The second kappa shape index (κ2) is 5.75. The Morgan fingerprint density at radius 1 is 1.33 bits per heavy atom. The fraction of sp³-hybridized carbons (Fsp3) is 0.429. The Labute approximate surface area is 119 Å². The summed E-state index contributed by atoms with van der Waals surface area (Å²) in [7, 11) is 1.20. The topological polar surface area (TPSA) is 46.6 Å². The van der Waals surface area contributed by atoms with Crippen molar-refractivity contribution in [1.29, 1.82) is 0 Å². The van der Waals surface area contributed by atoms with Gasteiger partial charge in [-0.1, -0.05) is 0 Å². The summed E-state index contributed by atoms with van der Waals surface area (Å²) in [6, 6.07) is 0.0776. The van der Waals surface area contributed by atoms with E-state index in [4.69, 9.17) is 0 Å². The first kappa shape index (κ1) is 15.3. The third kappa shape index (κ3) is 2.72. The van der Waals surface area contributed by atoms with E-state index in [0.29, 0.717) is 0 Å². The number of esters is 1. The Kier molecular flexibility index (Phi) is 4.20. The van der Waals surface area contributed by atoms with Crippen LogP contribution in [0.1, 0.15) is 31.4 Å². The summed E-state index contributed by atoms with van der Waals surface area (Å²) in [4.78, 5) is 24.8. The van der Waals surface area contributed by atoms with Crippen molar-refractivity contribution in [2.24, 2.45) is 0 Å². The molecule has 2 unspecified atom stereocenters. The highest BCUT2D eigenvalue weighted by Gasteiger charge is 2.40. The van der Waals surface area contributed by atoms with Crippen molar-refractivity contribution >= 4 is 11.9 Å². The minimum atomic E-state index is -1.57. The molecule has 0 saturated carbocycles. The van der Waals surface area contributed by atoms with E-state index in [2.05, 4.69) is 4.74 Å². The van der Waals surface area contributed by atoms with Crippen LogP contribution in [0, 0.1) is 17.5 Å². The van der Waals surface area contributed by atoms with Crippen LogP contribution in [0.5, 0.6) is 0 Å². The van der Waals surface area contributed by atoms with E-state index in [1.54, 1.807) is 0 Å². The van der Waals surface area contributed by atoms with Gasteiger partial charge in [0.05, 0.1) is 13.2 Å². The summed E-state index contributed by atoms with van der Waals surface area (Å²) in [5.41, 5.74) is 0.0792. The Morgan fingerprint density at radius 2 is 1.90 bits per heavy atom. The lowest BCUT2D eigenvalue weighted by molar-refractivity contribution is -0.150. The summed E-state index contributed by atoms with van der Waals surface area (Å²) >= 11 is 0. The van der Waals surface area contributed by atoms with Crippen molar-refractivity contribution in [2.45, 2.75) is 31.8 Å². The van der Waals surface area contributed by atoms with Crippen molar-refractivity contribution in [1.82, 2.24) is 4.90 Å². The van der Waals surface area contributed by atoms with Gasteiger partial charge in [0.25, 0.3) is 0 Å². The first-order valence-electron chi connectivity index (χ1n) is 6.40. The quantitative estimate of drug-likeness (QED) is 0.636. The van der Waals surface area contributed by atoms with Gasteiger partial charge in [0.1, 0.15) is 6.04 Å². The van der Waals surface area contributed by atoms with E-state index in [9.17, 15) is 22.8 Å². The molecule has 1 aromatic rings. The second-order valence-electron chi connectivity index (χ2n) is 4.85. The van der Waals surface area contributed by atoms with E-state index < -0.39 is 35.5 Å². The van der Waals surface area contributed by atoms with Crippen LogP contribution in [0.25, 0.3) is 0 Å². The highest BCUT2D eigenvalue weighted by Crippen LogP contribution is 2.31. The van der Waals surface area contributed by atoms with Crippen molar-refractivity contribution in [2.75, 3.05) is 7.11 Å². The molecule has 0 aliphatic carbocycles. The maximum Gasteiger partial charge on any atom is 0.328 e. The molecule has 0 bridgehead atoms. The normalized spacial score (nSPS) is 19.8. The average Bonchev–Trinajstić information content (AvgIpc) is 2.84. The number of nitrogens with zero attached hydrogens (tertiary/aromatic N) is 1. The van der Waals surface area contributed by atoms with Crippen LogP contribution in [0.3, 0.4) is 0 Å². The van der Waals surface area contributed by atoms with Gasteiger partial charge in [-0.15, -0.1) is 0 Å². The third-order valence-corrected chi connectivity index (χ3v) is 3.63. The number of carbonyl (C=O) groups excluding carboxylic acids is 2. The minimum absolute atomic E-state index is 0.0792. The number of rotatable bonds is 3. The van der Waals surface area contributed by atoms with Gasteiger partial charge in [0.15, 0.2) is 17.5 Å². The third-order valence-electron chi connectivity index (χ3n) is 3.63. The van der Waals surface area contributed by atoms with E-state index in [0.717, 1.165) is 12.1 Å².